The van der Waals surface area contributed by atoms with Crippen molar-refractivity contribution in [3.05, 3.63) is 0 Å². The monoisotopic (exact) mass is 166 g/mol. The van der Waals surface area contributed by atoms with Gasteiger partial charge in [-0.2, -0.15) is 13.2 Å². The Bertz CT molecular complexity index is 169. The van der Waals surface area contributed by atoms with Crippen LogP contribution in [0.2, 0.25) is 0 Å². The summed E-state index contributed by atoms with van der Waals surface area (Å²) in [4.78, 5) is 3.23. The van der Waals surface area contributed by atoms with Crippen molar-refractivity contribution in [3.63, 3.8) is 0 Å². The number of rotatable bonds is 2. The lowest BCUT2D eigenvalue weighted by Crippen LogP contribution is -2.19. The maximum Gasteiger partial charge on any atom is 0.408 e. The van der Waals surface area contributed by atoms with Crippen LogP contribution in [0, 0.1) is 5.92 Å². The van der Waals surface area contributed by atoms with E-state index in [9.17, 15) is 13.2 Å². The fraction of sp³-hybridized carbons (Fsp3) is 0.833. The molecule has 0 heterocycles. The van der Waals surface area contributed by atoms with Crippen LogP contribution in [0.3, 0.4) is 0 Å². The van der Waals surface area contributed by atoms with E-state index in [1.54, 1.807) is 0 Å². The molecule has 5 heteroatoms. The van der Waals surface area contributed by atoms with Crippen LogP contribution >= 0.6 is 0 Å². The van der Waals surface area contributed by atoms with Crippen LogP contribution < -0.4 is 5.73 Å². The second kappa shape index (κ2) is 2.71. The van der Waals surface area contributed by atoms with E-state index in [4.69, 9.17) is 5.73 Å². The van der Waals surface area contributed by atoms with Crippen LogP contribution in [0.25, 0.3) is 0 Å². The van der Waals surface area contributed by atoms with Crippen molar-refractivity contribution in [2.24, 2.45) is 16.6 Å². The van der Waals surface area contributed by atoms with Gasteiger partial charge in [-0.25, -0.2) is 0 Å². The topological polar surface area (TPSA) is 38.4 Å². The highest BCUT2D eigenvalue weighted by molar-refractivity contribution is 5.84. The van der Waals surface area contributed by atoms with Gasteiger partial charge in [0.2, 0.25) is 0 Å². The van der Waals surface area contributed by atoms with Crippen molar-refractivity contribution in [2.45, 2.75) is 19.0 Å². The second-order valence-corrected chi connectivity index (χ2v) is 2.63. The fourth-order valence-electron chi connectivity index (χ4n) is 0.689. The van der Waals surface area contributed by atoms with Gasteiger partial charge in [-0.15, -0.1) is 0 Å². The summed E-state index contributed by atoms with van der Waals surface area (Å²) in [6.07, 6.45) is -2.46. The van der Waals surface area contributed by atoms with E-state index in [2.05, 4.69) is 4.99 Å². The van der Waals surface area contributed by atoms with E-state index in [0.29, 0.717) is 0 Å². The van der Waals surface area contributed by atoms with Crippen molar-refractivity contribution in [1.82, 2.24) is 0 Å². The zero-order valence-corrected chi connectivity index (χ0v) is 5.86. The van der Waals surface area contributed by atoms with Crippen LogP contribution in [-0.2, 0) is 0 Å². The first-order valence-corrected chi connectivity index (χ1v) is 3.35. The summed E-state index contributed by atoms with van der Waals surface area (Å²) in [5, 5.41) is 0. The average molecular weight is 166 g/mol. The number of alkyl halides is 3. The minimum Gasteiger partial charge on any atom is -0.387 e. The molecule has 0 bridgehead atoms. The van der Waals surface area contributed by atoms with Crippen molar-refractivity contribution >= 4 is 5.84 Å². The lowest BCUT2D eigenvalue weighted by atomic mass is 10.4. The van der Waals surface area contributed by atoms with E-state index < -0.39 is 12.7 Å². The lowest BCUT2D eigenvalue weighted by Gasteiger charge is -2.02. The summed E-state index contributed by atoms with van der Waals surface area (Å²) >= 11 is 0. The Hall–Kier alpha value is -0.740. The predicted molar refractivity (Wildman–Crippen MR) is 35.3 cm³/mol. The minimum atomic E-state index is -4.22. The van der Waals surface area contributed by atoms with Crippen LogP contribution in [0.15, 0.2) is 4.99 Å². The first kappa shape index (κ1) is 8.36. The second-order valence-electron chi connectivity index (χ2n) is 2.63. The standard InChI is InChI=1S/C6H9F3N2/c7-6(8,9)3-11-5(10)4-1-2-4/h4H,1-3H2,(H2,10,11). The first-order valence-electron chi connectivity index (χ1n) is 3.35. The Kier molecular flexibility index (Phi) is 2.06. The van der Waals surface area contributed by atoms with E-state index in [-0.39, 0.29) is 11.8 Å². The highest BCUT2D eigenvalue weighted by Crippen LogP contribution is 2.29. The molecule has 1 saturated carbocycles. The molecular weight excluding hydrogens is 157 g/mol. The number of amidine groups is 1. The molecule has 0 spiro atoms. The molecule has 0 aromatic carbocycles. The van der Waals surface area contributed by atoms with Crippen molar-refractivity contribution in [1.29, 1.82) is 0 Å². The van der Waals surface area contributed by atoms with E-state index in [0.717, 1.165) is 12.8 Å². The molecule has 64 valence electrons. The molecule has 0 radical (unpaired) electrons. The summed E-state index contributed by atoms with van der Waals surface area (Å²) < 4.78 is 34.6. The zero-order chi connectivity index (χ0) is 8.48. The number of aliphatic imine (C=N–C) groups is 1. The third-order valence-corrected chi connectivity index (χ3v) is 1.44. The van der Waals surface area contributed by atoms with Gasteiger partial charge in [0.05, 0.1) is 5.84 Å². The molecule has 2 nitrogen and oxygen atoms in total. The van der Waals surface area contributed by atoms with Gasteiger partial charge < -0.3 is 5.73 Å². The zero-order valence-electron chi connectivity index (χ0n) is 5.86. The predicted octanol–water partition coefficient (Wildman–Crippen LogP) is 1.32. The SMILES string of the molecule is NC(=NCC(F)(F)F)C1CC1. The van der Waals surface area contributed by atoms with Gasteiger partial charge in [0.1, 0.15) is 6.54 Å². The Balaban J connectivity index is 2.33. The molecular formula is C6H9F3N2. The minimum absolute atomic E-state index is 0.123. The summed E-state index contributed by atoms with van der Waals surface area (Å²) in [7, 11) is 0. The number of nitrogens with zero attached hydrogens (tertiary/aromatic N) is 1. The largest absolute Gasteiger partial charge is 0.408 e. The summed E-state index contributed by atoms with van der Waals surface area (Å²) in [6, 6.07) is 0. The molecule has 1 rings (SSSR count). The highest BCUT2D eigenvalue weighted by Gasteiger charge is 2.29. The molecule has 0 aromatic rings. The van der Waals surface area contributed by atoms with Crippen LogP contribution in [0.4, 0.5) is 13.2 Å². The maximum absolute atomic E-state index is 11.5. The van der Waals surface area contributed by atoms with Gasteiger partial charge >= 0.3 is 6.18 Å². The third-order valence-electron chi connectivity index (χ3n) is 1.44. The van der Waals surface area contributed by atoms with Gasteiger partial charge in [-0.3, -0.25) is 4.99 Å². The lowest BCUT2D eigenvalue weighted by molar-refractivity contribution is -0.118. The van der Waals surface area contributed by atoms with E-state index >= 15 is 0 Å². The molecule has 1 fully saturated rings. The number of nitrogens with two attached hydrogens (primary N) is 1. The van der Waals surface area contributed by atoms with Crippen LogP contribution in [-0.4, -0.2) is 18.6 Å². The number of hydrogen-bond acceptors (Lipinski definition) is 1. The summed E-state index contributed by atoms with van der Waals surface area (Å²) in [6.45, 7) is -1.14. The molecule has 1 aliphatic carbocycles. The molecule has 0 unspecified atom stereocenters. The van der Waals surface area contributed by atoms with Gasteiger partial charge in [0.25, 0.3) is 0 Å². The maximum atomic E-state index is 11.5. The van der Waals surface area contributed by atoms with Crippen LogP contribution in [0.1, 0.15) is 12.8 Å². The van der Waals surface area contributed by atoms with Gasteiger partial charge in [-0.05, 0) is 12.8 Å². The smallest absolute Gasteiger partial charge is 0.387 e. The molecule has 0 atom stereocenters. The van der Waals surface area contributed by atoms with Crippen molar-refractivity contribution < 1.29 is 13.2 Å². The molecule has 2 N–H and O–H groups in total. The Labute approximate surface area is 62.3 Å². The fourth-order valence-corrected chi connectivity index (χ4v) is 0.689. The van der Waals surface area contributed by atoms with E-state index in [1.807, 2.05) is 0 Å². The third kappa shape index (κ3) is 3.25. The quantitative estimate of drug-likeness (QED) is 0.487. The Morgan fingerprint density at radius 3 is 2.36 bits per heavy atom. The normalized spacial score (nSPS) is 20.5. The molecule has 11 heavy (non-hydrogen) atoms. The summed E-state index contributed by atoms with van der Waals surface area (Å²) in [5.74, 6) is 0.277. The van der Waals surface area contributed by atoms with Crippen molar-refractivity contribution in [3.8, 4) is 0 Å². The molecule has 0 aromatic heterocycles. The molecule has 1 aliphatic rings. The summed E-state index contributed by atoms with van der Waals surface area (Å²) in [5.41, 5.74) is 5.24. The van der Waals surface area contributed by atoms with Gasteiger partial charge in [-0.1, -0.05) is 0 Å². The molecule has 0 amide bonds. The van der Waals surface area contributed by atoms with Crippen molar-refractivity contribution in [2.75, 3.05) is 6.54 Å². The average Bonchev–Trinajstić information content (AvgIpc) is 2.61. The highest BCUT2D eigenvalue weighted by atomic mass is 19.4. The van der Waals surface area contributed by atoms with E-state index in [1.165, 1.54) is 0 Å². The van der Waals surface area contributed by atoms with Crippen LogP contribution in [0.5, 0.6) is 0 Å². The Morgan fingerprint density at radius 2 is 2.00 bits per heavy atom. The first-order chi connectivity index (χ1) is 4.99. The molecule has 0 aliphatic heterocycles. The molecule has 0 saturated heterocycles. The number of hydrogen-bond donors (Lipinski definition) is 1. The van der Waals surface area contributed by atoms with Gasteiger partial charge in [0, 0.05) is 5.92 Å². The Morgan fingerprint density at radius 1 is 1.45 bits per heavy atom. The van der Waals surface area contributed by atoms with Gasteiger partial charge in [0.15, 0.2) is 0 Å². The number of halogens is 3.